The van der Waals surface area contributed by atoms with Crippen LogP contribution in [0.1, 0.15) is 5.56 Å². The molecule has 6 heteroatoms. The average Bonchev–Trinajstić information content (AvgIpc) is 2.34. The molecule has 0 spiro atoms. The number of nitrogen functional groups attached to an aromatic ring is 1. The topological polar surface area (TPSA) is 59.1 Å². The molecule has 2 aromatic rings. The highest BCUT2D eigenvalue weighted by Gasteiger charge is 2.11. The fourth-order valence-corrected chi connectivity index (χ4v) is 1.65. The molecule has 2 aromatic carbocycles. The van der Waals surface area contributed by atoms with Crippen LogP contribution in [0.5, 0.6) is 11.5 Å². The fourth-order valence-electron chi connectivity index (χ4n) is 1.48. The van der Waals surface area contributed by atoms with Crippen molar-refractivity contribution in [3.8, 4) is 11.5 Å². The number of nitrogens with one attached hydrogen (secondary N) is 1. The van der Waals surface area contributed by atoms with E-state index in [2.05, 4.69) is 0 Å². The SMILES string of the molecule is N=C(N)c1cc(Cl)ccc1Oc1ccc(F)cc1F. The Kier molecular flexibility index (Phi) is 3.66. The van der Waals surface area contributed by atoms with Crippen molar-refractivity contribution in [2.45, 2.75) is 0 Å². The summed E-state index contributed by atoms with van der Waals surface area (Å²) < 4.78 is 31.5. The summed E-state index contributed by atoms with van der Waals surface area (Å²) in [4.78, 5) is 0. The third-order valence-corrected chi connectivity index (χ3v) is 2.58. The maximum absolute atomic E-state index is 13.5. The minimum absolute atomic E-state index is 0.161. The van der Waals surface area contributed by atoms with Crippen molar-refractivity contribution in [3.63, 3.8) is 0 Å². The van der Waals surface area contributed by atoms with E-state index < -0.39 is 11.6 Å². The van der Waals surface area contributed by atoms with Crippen LogP contribution in [0.3, 0.4) is 0 Å². The largest absolute Gasteiger partial charge is 0.454 e. The summed E-state index contributed by atoms with van der Waals surface area (Å²) >= 11 is 5.78. The van der Waals surface area contributed by atoms with Crippen molar-refractivity contribution >= 4 is 17.4 Å². The van der Waals surface area contributed by atoms with Crippen LogP contribution in [-0.4, -0.2) is 5.84 Å². The predicted molar refractivity (Wildman–Crippen MR) is 68.9 cm³/mol. The van der Waals surface area contributed by atoms with Crippen LogP contribution in [0.2, 0.25) is 5.02 Å². The molecule has 0 heterocycles. The molecule has 98 valence electrons. The lowest BCUT2D eigenvalue weighted by Gasteiger charge is -2.11. The monoisotopic (exact) mass is 282 g/mol. The Bertz CT molecular complexity index is 647. The molecule has 0 aromatic heterocycles. The van der Waals surface area contributed by atoms with E-state index in [-0.39, 0.29) is 22.9 Å². The molecule has 0 amide bonds. The molecule has 0 atom stereocenters. The Hall–Kier alpha value is -2.14. The second-order valence-corrected chi connectivity index (χ2v) is 4.17. The van der Waals surface area contributed by atoms with Crippen LogP contribution >= 0.6 is 11.6 Å². The molecule has 0 fully saturated rings. The Morgan fingerprint density at radius 2 is 1.79 bits per heavy atom. The van der Waals surface area contributed by atoms with E-state index in [0.29, 0.717) is 11.1 Å². The molecular weight excluding hydrogens is 274 g/mol. The molecule has 0 unspecified atom stereocenters. The van der Waals surface area contributed by atoms with E-state index >= 15 is 0 Å². The third-order valence-electron chi connectivity index (χ3n) is 2.35. The number of ether oxygens (including phenoxy) is 1. The van der Waals surface area contributed by atoms with Gasteiger partial charge in [0.25, 0.3) is 0 Å². The second-order valence-electron chi connectivity index (χ2n) is 3.73. The molecule has 3 N–H and O–H groups in total. The lowest BCUT2D eigenvalue weighted by molar-refractivity contribution is 0.437. The molecule has 0 radical (unpaired) electrons. The number of rotatable bonds is 3. The Labute approximate surface area is 113 Å². The zero-order valence-corrected chi connectivity index (χ0v) is 10.3. The summed E-state index contributed by atoms with van der Waals surface area (Å²) in [5.41, 5.74) is 5.62. The van der Waals surface area contributed by atoms with Gasteiger partial charge in [-0.2, -0.15) is 0 Å². The van der Waals surface area contributed by atoms with Crippen molar-refractivity contribution in [1.82, 2.24) is 0 Å². The van der Waals surface area contributed by atoms with Crippen LogP contribution in [0.25, 0.3) is 0 Å². The molecule has 0 bridgehead atoms. The molecule has 0 saturated carbocycles. The van der Waals surface area contributed by atoms with E-state index in [1.807, 2.05) is 0 Å². The van der Waals surface area contributed by atoms with Gasteiger partial charge >= 0.3 is 0 Å². The fraction of sp³-hybridized carbons (Fsp3) is 0. The third kappa shape index (κ3) is 3.00. The number of hydrogen-bond donors (Lipinski definition) is 2. The molecule has 0 aliphatic carbocycles. The Balaban J connectivity index is 2.40. The van der Waals surface area contributed by atoms with Crippen LogP contribution in [0.15, 0.2) is 36.4 Å². The van der Waals surface area contributed by atoms with Crippen molar-refractivity contribution in [2.24, 2.45) is 5.73 Å². The van der Waals surface area contributed by atoms with E-state index in [4.69, 9.17) is 27.5 Å². The summed E-state index contributed by atoms with van der Waals surface area (Å²) in [7, 11) is 0. The van der Waals surface area contributed by atoms with Gasteiger partial charge in [0.2, 0.25) is 0 Å². The number of hydrogen-bond acceptors (Lipinski definition) is 2. The maximum atomic E-state index is 13.5. The van der Waals surface area contributed by atoms with Crippen LogP contribution in [0, 0.1) is 17.0 Å². The van der Waals surface area contributed by atoms with Gasteiger partial charge in [0.1, 0.15) is 17.4 Å². The van der Waals surface area contributed by atoms with Crippen molar-refractivity contribution in [3.05, 3.63) is 58.6 Å². The molecule has 3 nitrogen and oxygen atoms in total. The Morgan fingerprint density at radius 1 is 1.11 bits per heavy atom. The van der Waals surface area contributed by atoms with Gasteiger partial charge in [-0.3, -0.25) is 5.41 Å². The first-order chi connectivity index (χ1) is 8.97. The van der Waals surface area contributed by atoms with Crippen molar-refractivity contribution in [2.75, 3.05) is 0 Å². The summed E-state index contributed by atoms with van der Waals surface area (Å²) in [5, 5.41) is 7.78. The van der Waals surface area contributed by atoms with E-state index in [0.717, 1.165) is 12.1 Å². The minimum atomic E-state index is -0.843. The summed E-state index contributed by atoms with van der Waals surface area (Å²) in [6, 6.07) is 7.34. The summed E-state index contributed by atoms with van der Waals surface area (Å²) in [6.07, 6.45) is 0. The number of nitrogens with two attached hydrogens (primary N) is 1. The van der Waals surface area contributed by atoms with Gasteiger partial charge in [-0.05, 0) is 30.3 Å². The summed E-state index contributed by atoms with van der Waals surface area (Å²) in [6.45, 7) is 0. The molecule has 0 aliphatic rings. The van der Waals surface area contributed by atoms with Gasteiger partial charge in [-0.15, -0.1) is 0 Å². The molecule has 2 rings (SSSR count). The molecular formula is C13H9ClF2N2O. The highest BCUT2D eigenvalue weighted by Crippen LogP contribution is 2.29. The number of benzene rings is 2. The first-order valence-corrected chi connectivity index (χ1v) is 5.62. The highest BCUT2D eigenvalue weighted by molar-refractivity contribution is 6.31. The maximum Gasteiger partial charge on any atom is 0.168 e. The number of amidine groups is 1. The lowest BCUT2D eigenvalue weighted by Crippen LogP contribution is -2.12. The summed E-state index contributed by atoms with van der Waals surface area (Å²) in [5.74, 6) is -1.80. The van der Waals surface area contributed by atoms with Gasteiger partial charge in [-0.25, -0.2) is 8.78 Å². The first-order valence-electron chi connectivity index (χ1n) is 5.24. The van der Waals surface area contributed by atoms with Gasteiger partial charge in [0.05, 0.1) is 5.56 Å². The number of halogens is 3. The van der Waals surface area contributed by atoms with Crippen molar-refractivity contribution < 1.29 is 13.5 Å². The molecule has 0 aliphatic heterocycles. The standard InChI is InChI=1S/C13H9ClF2N2O/c14-7-1-3-11(9(5-7)13(17)18)19-12-4-2-8(15)6-10(12)16/h1-6H,(H3,17,18). The van der Waals surface area contributed by atoms with E-state index in [9.17, 15) is 8.78 Å². The second kappa shape index (κ2) is 5.24. The lowest BCUT2D eigenvalue weighted by atomic mass is 10.2. The minimum Gasteiger partial charge on any atom is -0.454 e. The first kappa shape index (κ1) is 13.3. The normalized spacial score (nSPS) is 10.3. The van der Waals surface area contributed by atoms with Crippen LogP contribution in [0.4, 0.5) is 8.78 Å². The predicted octanol–water partition coefficient (Wildman–Crippen LogP) is 3.69. The Morgan fingerprint density at radius 3 is 2.42 bits per heavy atom. The zero-order chi connectivity index (χ0) is 14.0. The average molecular weight is 283 g/mol. The van der Waals surface area contributed by atoms with Crippen molar-refractivity contribution in [1.29, 1.82) is 5.41 Å². The highest BCUT2D eigenvalue weighted by atomic mass is 35.5. The quantitative estimate of drug-likeness (QED) is 0.666. The van der Waals surface area contributed by atoms with Gasteiger partial charge in [-0.1, -0.05) is 11.6 Å². The van der Waals surface area contributed by atoms with E-state index in [1.165, 1.54) is 18.2 Å². The van der Waals surface area contributed by atoms with E-state index in [1.54, 1.807) is 0 Å². The van der Waals surface area contributed by atoms with Crippen LogP contribution in [-0.2, 0) is 0 Å². The van der Waals surface area contributed by atoms with Gasteiger partial charge in [0.15, 0.2) is 11.6 Å². The zero-order valence-electron chi connectivity index (χ0n) is 9.58. The smallest absolute Gasteiger partial charge is 0.168 e. The van der Waals surface area contributed by atoms with Crippen LogP contribution < -0.4 is 10.5 Å². The molecule has 0 saturated heterocycles. The van der Waals surface area contributed by atoms with Gasteiger partial charge in [0, 0.05) is 11.1 Å². The van der Waals surface area contributed by atoms with Gasteiger partial charge < -0.3 is 10.5 Å². The molecule has 19 heavy (non-hydrogen) atoms.